The first-order valence-corrected chi connectivity index (χ1v) is 11.1. The number of nitrogens with one attached hydrogen (secondary N) is 1. The van der Waals surface area contributed by atoms with Crippen molar-refractivity contribution < 1.29 is 24.2 Å². The summed E-state index contributed by atoms with van der Waals surface area (Å²) < 4.78 is 5.15. The Bertz CT molecular complexity index is 1120. The highest BCUT2D eigenvalue weighted by molar-refractivity contribution is 8.26. The Morgan fingerprint density at radius 3 is 2.62 bits per heavy atom. The molecule has 0 bridgehead atoms. The average molecular weight is 491 g/mol. The van der Waals surface area contributed by atoms with Crippen LogP contribution in [0.2, 0.25) is 5.02 Å². The van der Waals surface area contributed by atoms with E-state index in [0.717, 1.165) is 11.8 Å². The number of carbonyl (C=O) groups excluding carboxylic acids is 3. The van der Waals surface area contributed by atoms with Crippen LogP contribution in [-0.4, -0.2) is 44.8 Å². The van der Waals surface area contributed by atoms with Gasteiger partial charge < -0.3 is 15.2 Å². The largest absolute Gasteiger partial charge is 0.507 e. The number of amides is 2. The summed E-state index contributed by atoms with van der Waals surface area (Å²) in [4.78, 5) is 38.9. The van der Waals surface area contributed by atoms with Gasteiger partial charge in [0.25, 0.3) is 5.91 Å². The van der Waals surface area contributed by atoms with Crippen LogP contribution in [0.15, 0.2) is 47.4 Å². The van der Waals surface area contributed by atoms with Crippen LogP contribution in [0.25, 0.3) is 6.08 Å². The van der Waals surface area contributed by atoms with E-state index in [1.54, 1.807) is 26.0 Å². The lowest BCUT2D eigenvalue weighted by atomic mass is 10.1. The lowest BCUT2D eigenvalue weighted by molar-refractivity contribution is -0.129. The number of esters is 1. The van der Waals surface area contributed by atoms with Gasteiger partial charge in [0.1, 0.15) is 16.1 Å². The first-order valence-electron chi connectivity index (χ1n) is 9.55. The quantitative estimate of drug-likeness (QED) is 0.351. The van der Waals surface area contributed by atoms with E-state index >= 15 is 0 Å². The molecule has 0 spiro atoms. The minimum atomic E-state index is -0.883. The Balaban J connectivity index is 1.72. The molecule has 0 saturated carbocycles. The smallest absolute Gasteiger partial charge is 0.338 e. The highest BCUT2D eigenvalue weighted by Crippen LogP contribution is 2.36. The molecule has 1 atom stereocenters. The zero-order valence-corrected chi connectivity index (χ0v) is 19.5. The van der Waals surface area contributed by atoms with Gasteiger partial charge in [-0.2, -0.15) is 0 Å². The maximum Gasteiger partial charge on any atom is 0.338 e. The predicted octanol–water partition coefficient (Wildman–Crippen LogP) is 4.45. The number of thioether (sulfide) groups is 1. The highest BCUT2D eigenvalue weighted by atomic mass is 35.5. The van der Waals surface area contributed by atoms with E-state index in [2.05, 4.69) is 5.32 Å². The fourth-order valence-electron chi connectivity index (χ4n) is 2.86. The molecule has 166 valence electrons. The number of hydrogen-bond acceptors (Lipinski definition) is 7. The van der Waals surface area contributed by atoms with Crippen LogP contribution in [0.3, 0.4) is 0 Å². The van der Waals surface area contributed by atoms with Crippen LogP contribution < -0.4 is 5.32 Å². The summed E-state index contributed by atoms with van der Waals surface area (Å²) in [7, 11) is 0. The van der Waals surface area contributed by atoms with Crippen molar-refractivity contribution in [3.05, 3.63) is 63.5 Å². The van der Waals surface area contributed by atoms with Gasteiger partial charge in [0, 0.05) is 16.3 Å². The number of carbonyl (C=O) groups is 3. The third-order valence-electron chi connectivity index (χ3n) is 4.53. The van der Waals surface area contributed by atoms with Crippen molar-refractivity contribution in [2.24, 2.45) is 0 Å². The summed E-state index contributed by atoms with van der Waals surface area (Å²) in [6.45, 7) is 3.55. The molecule has 2 N–H and O–H groups in total. The number of aromatic hydroxyl groups is 1. The molecule has 2 aromatic carbocycles. The molecule has 0 aliphatic carbocycles. The molecule has 32 heavy (non-hydrogen) atoms. The highest BCUT2D eigenvalue weighted by Gasteiger charge is 2.38. The van der Waals surface area contributed by atoms with Crippen molar-refractivity contribution in [3.8, 4) is 5.75 Å². The number of halogens is 1. The fourth-order valence-corrected chi connectivity index (χ4v) is 4.45. The number of phenolic OH excluding ortho intramolecular Hbond substituents is 1. The second kappa shape index (κ2) is 10.2. The summed E-state index contributed by atoms with van der Waals surface area (Å²) >= 11 is 12.3. The van der Waals surface area contributed by atoms with Crippen LogP contribution >= 0.6 is 35.6 Å². The van der Waals surface area contributed by atoms with Gasteiger partial charge in [-0.1, -0.05) is 35.6 Å². The molecule has 1 aliphatic rings. The molecular formula is C22H19ClN2O5S2. The SMILES string of the molecule is CCOC(=O)c1ccc(NC(=O)C(C)N2C(=O)/C(=C/c3cc(Cl)ccc3O)SC2=S)cc1. The number of hydrogen-bond donors (Lipinski definition) is 2. The van der Waals surface area contributed by atoms with Crippen LogP contribution in [0.4, 0.5) is 5.69 Å². The Hall–Kier alpha value is -2.88. The average Bonchev–Trinajstić information content (AvgIpc) is 3.03. The molecule has 1 unspecified atom stereocenters. The Morgan fingerprint density at radius 1 is 1.28 bits per heavy atom. The van der Waals surface area contributed by atoms with Crippen LogP contribution in [0.5, 0.6) is 5.75 Å². The third kappa shape index (κ3) is 5.29. The van der Waals surface area contributed by atoms with Crippen molar-refractivity contribution in [2.75, 3.05) is 11.9 Å². The van der Waals surface area contributed by atoms with Gasteiger partial charge in [-0.3, -0.25) is 14.5 Å². The summed E-state index contributed by atoms with van der Waals surface area (Å²) in [6, 6.07) is 9.83. The lowest BCUT2D eigenvalue weighted by Crippen LogP contribution is -2.44. The maximum absolute atomic E-state index is 12.9. The number of thiocarbonyl (C=S) groups is 1. The van der Waals surface area contributed by atoms with E-state index in [4.69, 9.17) is 28.6 Å². The summed E-state index contributed by atoms with van der Waals surface area (Å²) in [5, 5.41) is 13.1. The van der Waals surface area contributed by atoms with Crippen molar-refractivity contribution in [1.29, 1.82) is 0 Å². The second-order valence-electron chi connectivity index (χ2n) is 6.72. The molecule has 2 amide bonds. The van der Waals surface area contributed by atoms with Crippen molar-refractivity contribution in [3.63, 3.8) is 0 Å². The van der Waals surface area contributed by atoms with Gasteiger partial charge in [0.2, 0.25) is 5.91 Å². The summed E-state index contributed by atoms with van der Waals surface area (Å²) in [5.41, 5.74) is 1.20. The summed E-state index contributed by atoms with van der Waals surface area (Å²) in [6.07, 6.45) is 1.49. The van der Waals surface area contributed by atoms with Crippen LogP contribution in [0.1, 0.15) is 29.8 Å². The minimum absolute atomic E-state index is 0.0308. The van der Waals surface area contributed by atoms with E-state index in [0.29, 0.717) is 21.8 Å². The number of anilines is 1. The molecule has 3 rings (SSSR count). The van der Waals surface area contributed by atoms with Crippen molar-refractivity contribution in [2.45, 2.75) is 19.9 Å². The Labute approximate surface area is 199 Å². The van der Waals surface area contributed by atoms with E-state index in [9.17, 15) is 19.5 Å². The zero-order valence-electron chi connectivity index (χ0n) is 17.1. The van der Waals surface area contributed by atoms with Gasteiger partial charge in [-0.25, -0.2) is 4.79 Å². The maximum atomic E-state index is 12.9. The van der Waals surface area contributed by atoms with Gasteiger partial charge in [0.15, 0.2) is 0 Å². The molecule has 1 heterocycles. The van der Waals surface area contributed by atoms with Crippen LogP contribution in [-0.2, 0) is 14.3 Å². The van der Waals surface area contributed by atoms with Gasteiger partial charge in [0.05, 0.1) is 17.1 Å². The Kier molecular flexibility index (Phi) is 7.55. The molecule has 2 aromatic rings. The van der Waals surface area contributed by atoms with Crippen molar-refractivity contribution in [1.82, 2.24) is 4.90 Å². The van der Waals surface area contributed by atoms with Gasteiger partial charge in [-0.15, -0.1) is 0 Å². The normalized spacial score (nSPS) is 15.7. The van der Waals surface area contributed by atoms with E-state index in [-0.39, 0.29) is 21.6 Å². The number of nitrogens with zero attached hydrogens (tertiary/aromatic N) is 1. The first-order chi connectivity index (χ1) is 15.2. The Morgan fingerprint density at radius 2 is 1.97 bits per heavy atom. The monoisotopic (exact) mass is 490 g/mol. The topological polar surface area (TPSA) is 95.9 Å². The molecule has 0 aromatic heterocycles. The molecule has 1 fully saturated rings. The van der Waals surface area contributed by atoms with Gasteiger partial charge in [-0.05, 0) is 62.4 Å². The van der Waals surface area contributed by atoms with E-state index in [1.165, 1.54) is 41.3 Å². The fraction of sp³-hybridized carbons (Fsp3) is 0.182. The number of rotatable bonds is 6. The standard InChI is InChI=1S/C22H19ClN2O5S2/c1-3-30-21(29)13-4-7-16(8-5-13)24-19(27)12(2)25-20(28)18(32-22(25)31)11-14-10-15(23)6-9-17(14)26/h4-12,26H,3H2,1-2H3,(H,24,27)/b18-11-. The number of benzene rings is 2. The minimum Gasteiger partial charge on any atom is -0.507 e. The molecule has 10 heteroatoms. The first kappa shape index (κ1) is 23.8. The lowest BCUT2D eigenvalue weighted by Gasteiger charge is -2.22. The molecular weight excluding hydrogens is 472 g/mol. The molecule has 1 saturated heterocycles. The number of ether oxygens (including phenoxy) is 1. The molecule has 1 aliphatic heterocycles. The summed E-state index contributed by atoms with van der Waals surface area (Å²) in [5.74, 6) is -1.37. The molecule has 0 radical (unpaired) electrons. The van der Waals surface area contributed by atoms with E-state index in [1.807, 2.05) is 0 Å². The molecule has 7 nitrogen and oxygen atoms in total. The van der Waals surface area contributed by atoms with E-state index < -0.39 is 23.8 Å². The number of phenols is 1. The second-order valence-corrected chi connectivity index (χ2v) is 8.83. The van der Waals surface area contributed by atoms with Crippen molar-refractivity contribution >= 4 is 69.4 Å². The van der Waals surface area contributed by atoms with Gasteiger partial charge >= 0.3 is 5.97 Å². The third-order valence-corrected chi connectivity index (χ3v) is 6.10. The predicted molar refractivity (Wildman–Crippen MR) is 129 cm³/mol. The zero-order chi connectivity index (χ0) is 23.4. The van der Waals surface area contributed by atoms with Crippen LogP contribution in [0, 0.1) is 0 Å².